The second-order valence-electron chi connectivity index (χ2n) is 7.31. The van der Waals surface area contributed by atoms with Gasteiger partial charge in [-0.05, 0) is 69.6 Å². The van der Waals surface area contributed by atoms with Gasteiger partial charge in [-0.1, -0.05) is 13.8 Å². The van der Waals surface area contributed by atoms with Crippen molar-refractivity contribution in [2.75, 3.05) is 0 Å². The molecule has 0 aromatic heterocycles. The van der Waals surface area contributed by atoms with Crippen molar-refractivity contribution in [1.29, 1.82) is 0 Å². The van der Waals surface area contributed by atoms with Gasteiger partial charge in [0.1, 0.15) is 0 Å². The van der Waals surface area contributed by atoms with Crippen LogP contribution >= 0.6 is 0 Å². The maximum Gasteiger partial charge on any atom is 0.0650 e. The third-order valence-corrected chi connectivity index (χ3v) is 5.38. The van der Waals surface area contributed by atoms with Gasteiger partial charge in [0.05, 0.1) is 11.2 Å². The molecule has 0 radical (unpaired) electrons. The molecule has 2 rings (SSSR count). The van der Waals surface area contributed by atoms with Crippen LogP contribution in [0.2, 0.25) is 0 Å². The van der Waals surface area contributed by atoms with Crippen molar-refractivity contribution in [3.63, 3.8) is 0 Å². The molecule has 0 aliphatic heterocycles. The van der Waals surface area contributed by atoms with E-state index in [-0.39, 0.29) is 0 Å². The summed E-state index contributed by atoms with van der Waals surface area (Å²) < 4.78 is 0. The fourth-order valence-corrected chi connectivity index (χ4v) is 4.34. The largest absolute Gasteiger partial charge is 0.390 e. The Hall–Kier alpha value is -0.0800. The maximum absolute atomic E-state index is 10.6. The third-order valence-electron chi connectivity index (χ3n) is 5.38. The lowest BCUT2D eigenvalue weighted by atomic mass is 9.55. The molecule has 2 aliphatic rings. The van der Waals surface area contributed by atoms with E-state index in [1.54, 1.807) is 0 Å². The molecule has 0 aromatic rings. The SMILES string of the molecule is CC(C)[C@H]1CC[C@@](C)(O)[C@H]2CC[C@@](C)(O)C[C@H]12. The standard InChI is InChI=1S/C15H28O2/c1-10(2)11-5-8-15(4,17)13-6-7-14(3,16)9-12(11)13/h10-13,16-17H,5-9H2,1-4H3/t11-,12-,13+,14-,15-/m1/s1. The first-order valence-corrected chi connectivity index (χ1v) is 7.18. The molecule has 0 saturated heterocycles. The Morgan fingerprint density at radius 3 is 2.29 bits per heavy atom. The second kappa shape index (κ2) is 4.24. The van der Waals surface area contributed by atoms with Crippen LogP contribution in [0.5, 0.6) is 0 Å². The minimum Gasteiger partial charge on any atom is -0.390 e. The van der Waals surface area contributed by atoms with E-state index in [9.17, 15) is 10.2 Å². The van der Waals surface area contributed by atoms with E-state index < -0.39 is 11.2 Å². The van der Waals surface area contributed by atoms with E-state index in [0.717, 1.165) is 32.1 Å². The minimum atomic E-state index is -0.512. The Bertz CT molecular complexity index is 281. The summed E-state index contributed by atoms with van der Waals surface area (Å²) in [6, 6.07) is 0. The van der Waals surface area contributed by atoms with E-state index in [1.807, 2.05) is 13.8 Å². The van der Waals surface area contributed by atoms with Crippen LogP contribution in [0.3, 0.4) is 0 Å². The van der Waals surface area contributed by atoms with E-state index in [1.165, 1.54) is 0 Å². The lowest BCUT2D eigenvalue weighted by molar-refractivity contribution is -0.140. The van der Waals surface area contributed by atoms with Crippen LogP contribution in [-0.2, 0) is 0 Å². The summed E-state index contributed by atoms with van der Waals surface area (Å²) in [5.74, 6) is 2.23. The number of aliphatic hydroxyl groups is 2. The summed E-state index contributed by atoms with van der Waals surface area (Å²) in [5, 5.41) is 20.9. The highest BCUT2D eigenvalue weighted by Gasteiger charge is 2.50. The molecule has 0 bridgehead atoms. The van der Waals surface area contributed by atoms with Gasteiger partial charge in [-0.3, -0.25) is 0 Å². The fraction of sp³-hybridized carbons (Fsp3) is 1.00. The summed E-state index contributed by atoms with van der Waals surface area (Å²) >= 11 is 0. The van der Waals surface area contributed by atoms with Gasteiger partial charge in [-0.15, -0.1) is 0 Å². The molecule has 0 spiro atoms. The van der Waals surface area contributed by atoms with Gasteiger partial charge < -0.3 is 10.2 Å². The van der Waals surface area contributed by atoms with Crippen LogP contribution in [0.1, 0.15) is 59.8 Å². The molecule has 0 aromatic carbocycles. The zero-order valence-electron chi connectivity index (χ0n) is 11.7. The Labute approximate surface area is 105 Å². The van der Waals surface area contributed by atoms with Gasteiger partial charge in [0, 0.05) is 0 Å². The van der Waals surface area contributed by atoms with Gasteiger partial charge in [0.25, 0.3) is 0 Å². The quantitative estimate of drug-likeness (QED) is 0.740. The zero-order valence-corrected chi connectivity index (χ0v) is 11.7. The molecule has 0 unspecified atom stereocenters. The van der Waals surface area contributed by atoms with Crippen LogP contribution in [0, 0.1) is 23.7 Å². The average molecular weight is 240 g/mol. The van der Waals surface area contributed by atoms with E-state index in [2.05, 4.69) is 13.8 Å². The topological polar surface area (TPSA) is 40.5 Å². The van der Waals surface area contributed by atoms with Crippen molar-refractivity contribution in [3.8, 4) is 0 Å². The first-order chi connectivity index (χ1) is 7.73. The van der Waals surface area contributed by atoms with Gasteiger partial charge in [0.15, 0.2) is 0 Å². The third kappa shape index (κ3) is 2.53. The number of hydrogen-bond acceptors (Lipinski definition) is 2. The first-order valence-electron chi connectivity index (χ1n) is 7.18. The van der Waals surface area contributed by atoms with Crippen LogP contribution < -0.4 is 0 Å². The predicted octanol–water partition coefficient (Wildman–Crippen LogP) is 2.97. The molecule has 2 nitrogen and oxygen atoms in total. The molecule has 0 amide bonds. The van der Waals surface area contributed by atoms with Crippen molar-refractivity contribution in [3.05, 3.63) is 0 Å². The molecule has 0 heterocycles. The Morgan fingerprint density at radius 1 is 1.06 bits per heavy atom. The first kappa shape index (κ1) is 13.4. The molecule has 100 valence electrons. The molecule has 2 heteroatoms. The average Bonchev–Trinajstić information content (AvgIpc) is 2.14. The summed E-state index contributed by atoms with van der Waals surface area (Å²) in [5.41, 5.74) is -1.02. The summed E-state index contributed by atoms with van der Waals surface area (Å²) in [6.45, 7) is 8.53. The second-order valence-corrected chi connectivity index (χ2v) is 7.31. The van der Waals surface area contributed by atoms with Gasteiger partial charge >= 0.3 is 0 Å². The van der Waals surface area contributed by atoms with Crippen molar-refractivity contribution in [1.82, 2.24) is 0 Å². The van der Waals surface area contributed by atoms with Gasteiger partial charge in [-0.25, -0.2) is 0 Å². The highest BCUT2D eigenvalue weighted by molar-refractivity contribution is 5.01. The van der Waals surface area contributed by atoms with Crippen LogP contribution in [-0.4, -0.2) is 21.4 Å². The van der Waals surface area contributed by atoms with Crippen molar-refractivity contribution in [2.45, 2.75) is 71.0 Å². The van der Waals surface area contributed by atoms with Crippen molar-refractivity contribution < 1.29 is 10.2 Å². The van der Waals surface area contributed by atoms with E-state index in [0.29, 0.717) is 23.7 Å². The van der Waals surface area contributed by atoms with Gasteiger partial charge in [0.2, 0.25) is 0 Å². The summed E-state index contributed by atoms with van der Waals surface area (Å²) in [7, 11) is 0. The molecule has 2 saturated carbocycles. The monoisotopic (exact) mass is 240 g/mol. The van der Waals surface area contributed by atoms with Crippen LogP contribution in [0.25, 0.3) is 0 Å². The molecule has 2 N–H and O–H groups in total. The van der Waals surface area contributed by atoms with E-state index >= 15 is 0 Å². The van der Waals surface area contributed by atoms with Crippen LogP contribution in [0.15, 0.2) is 0 Å². The highest BCUT2D eigenvalue weighted by Crippen LogP contribution is 2.52. The predicted molar refractivity (Wildman–Crippen MR) is 69.6 cm³/mol. The van der Waals surface area contributed by atoms with Crippen molar-refractivity contribution in [2.24, 2.45) is 23.7 Å². The zero-order chi connectivity index (χ0) is 12.8. The molecule has 2 fully saturated rings. The van der Waals surface area contributed by atoms with Gasteiger partial charge in [-0.2, -0.15) is 0 Å². The molecular formula is C15H28O2. The Balaban J connectivity index is 2.22. The highest BCUT2D eigenvalue weighted by atomic mass is 16.3. The normalized spacial score (nSPS) is 51.4. The molecular weight excluding hydrogens is 212 g/mol. The molecule has 17 heavy (non-hydrogen) atoms. The number of rotatable bonds is 1. The number of fused-ring (bicyclic) bond motifs is 1. The minimum absolute atomic E-state index is 0.392. The fourth-order valence-electron chi connectivity index (χ4n) is 4.34. The molecule has 5 atom stereocenters. The Kier molecular flexibility index (Phi) is 3.33. The lowest BCUT2D eigenvalue weighted by Gasteiger charge is -2.53. The van der Waals surface area contributed by atoms with Crippen molar-refractivity contribution >= 4 is 0 Å². The molecule has 2 aliphatic carbocycles. The number of hydrogen-bond donors (Lipinski definition) is 2. The maximum atomic E-state index is 10.6. The summed E-state index contributed by atoms with van der Waals surface area (Å²) in [4.78, 5) is 0. The smallest absolute Gasteiger partial charge is 0.0650 e. The van der Waals surface area contributed by atoms with E-state index in [4.69, 9.17) is 0 Å². The Morgan fingerprint density at radius 2 is 1.71 bits per heavy atom. The lowest BCUT2D eigenvalue weighted by Crippen LogP contribution is -2.53. The van der Waals surface area contributed by atoms with Crippen LogP contribution in [0.4, 0.5) is 0 Å². The summed E-state index contributed by atoms with van der Waals surface area (Å²) in [6.07, 6.45) is 4.74.